The molecule has 8 rings (SSSR count). The Labute approximate surface area is 354 Å². The Morgan fingerprint density at radius 3 is 2.38 bits per heavy atom. The van der Waals surface area contributed by atoms with Crippen LogP contribution in [0, 0.1) is 0 Å². The SMILES string of the molecule is COc1cc(N2CCC(N3CCN(Cc4ccc5c(c4)CN(C4CCC(=O)NC4=O)C5=O)CC3)CC2)ccc1Nc1ncc(Cl)c(Nc2ccccc2P(=O)(OC)OC)n1. The number of nitrogens with zero attached hydrogens (tertiary/aromatic N) is 6. The van der Waals surface area contributed by atoms with Crippen molar-refractivity contribution in [3.05, 3.63) is 88.6 Å². The Kier molecular flexibility index (Phi) is 12.4. The maximum atomic E-state index is 13.2. The summed E-state index contributed by atoms with van der Waals surface area (Å²) in [5.74, 6) is 0.425. The number of aromatic nitrogens is 2. The predicted octanol–water partition coefficient (Wildman–Crippen LogP) is 5.28. The van der Waals surface area contributed by atoms with Gasteiger partial charge < -0.3 is 34.2 Å². The van der Waals surface area contributed by atoms with Gasteiger partial charge in [-0.05, 0) is 60.7 Å². The molecule has 60 heavy (non-hydrogen) atoms. The van der Waals surface area contributed by atoms with E-state index in [-0.39, 0.29) is 35.1 Å². The number of hydrogen-bond acceptors (Lipinski definition) is 14. The van der Waals surface area contributed by atoms with E-state index in [1.54, 1.807) is 36.3 Å². The first-order valence-corrected chi connectivity index (χ1v) is 22.0. The fourth-order valence-corrected chi connectivity index (χ4v) is 9.97. The number of piperidine rings is 2. The second-order valence-electron chi connectivity index (χ2n) is 15.3. The molecular weight excluding hydrogens is 809 g/mol. The Hall–Kier alpha value is -5.09. The maximum absolute atomic E-state index is 13.2. The minimum absolute atomic E-state index is 0.142. The third kappa shape index (κ3) is 8.71. The zero-order valence-electron chi connectivity index (χ0n) is 33.9. The van der Waals surface area contributed by atoms with Crippen LogP contribution >= 0.6 is 19.2 Å². The Morgan fingerprint density at radius 1 is 0.883 bits per heavy atom. The average Bonchev–Trinajstić information content (AvgIpc) is 3.59. The van der Waals surface area contributed by atoms with E-state index < -0.39 is 13.6 Å². The van der Waals surface area contributed by atoms with Gasteiger partial charge in [-0.1, -0.05) is 35.9 Å². The summed E-state index contributed by atoms with van der Waals surface area (Å²) in [7, 11) is 0.738. The van der Waals surface area contributed by atoms with Crippen molar-refractivity contribution in [2.24, 2.45) is 0 Å². The molecular formula is C42H49ClN9O7P. The van der Waals surface area contributed by atoms with E-state index in [1.807, 2.05) is 24.3 Å². The van der Waals surface area contributed by atoms with E-state index in [0.29, 0.717) is 52.8 Å². The van der Waals surface area contributed by atoms with Crippen LogP contribution in [0.2, 0.25) is 5.02 Å². The third-order valence-electron chi connectivity index (χ3n) is 11.9. The van der Waals surface area contributed by atoms with Crippen LogP contribution in [0.1, 0.15) is 47.2 Å². The predicted molar refractivity (Wildman–Crippen MR) is 229 cm³/mol. The number of amides is 3. The number of methoxy groups -OCH3 is 1. The lowest BCUT2D eigenvalue weighted by molar-refractivity contribution is -0.136. The van der Waals surface area contributed by atoms with E-state index in [1.165, 1.54) is 20.4 Å². The lowest BCUT2D eigenvalue weighted by Gasteiger charge is -2.43. The van der Waals surface area contributed by atoms with Gasteiger partial charge in [-0.2, -0.15) is 4.98 Å². The zero-order chi connectivity index (χ0) is 42.0. The zero-order valence-corrected chi connectivity index (χ0v) is 35.5. The standard InChI is InChI=1S/C42H49ClN9O7P/c1-57-36-23-30(9-11-33(36)46-42-44-24-32(43)39(48-42)45-34-6-4-5-7-37(34)60(56,58-2)59-3)50-16-14-29(15-17-50)51-20-18-49(19-21-51)25-27-8-10-31-28(22-27)26-52(41(31)55)35-12-13-38(53)47-40(35)54/h4-11,22-24,29,35H,12-21,25-26H2,1-3H3,(H,47,53,54)(H2,44,45,46,48). The molecule has 0 radical (unpaired) electrons. The fraction of sp³-hybridized carbons (Fsp3) is 0.405. The van der Waals surface area contributed by atoms with E-state index in [2.05, 4.69) is 52.8 Å². The molecule has 0 bridgehead atoms. The van der Waals surface area contributed by atoms with E-state index >= 15 is 0 Å². The van der Waals surface area contributed by atoms with Gasteiger partial charge in [0, 0.05) is 96.4 Å². The molecule has 4 aromatic rings. The molecule has 3 fully saturated rings. The Morgan fingerprint density at radius 2 is 1.65 bits per heavy atom. The number of carbonyl (C=O) groups is 3. The molecule has 3 amide bonds. The molecule has 4 aliphatic rings. The van der Waals surface area contributed by atoms with Gasteiger partial charge in [0.25, 0.3) is 5.91 Å². The smallest absolute Gasteiger partial charge is 0.362 e. The van der Waals surface area contributed by atoms with Crippen molar-refractivity contribution in [3.8, 4) is 5.75 Å². The van der Waals surface area contributed by atoms with Crippen molar-refractivity contribution in [2.75, 3.05) is 76.1 Å². The second kappa shape index (κ2) is 17.9. The fourth-order valence-electron chi connectivity index (χ4n) is 8.59. The number of halogens is 1. The van der Waals surface area contributed by atoms with Crippen molar-refractivity contribution in [3.63, 3.8) is 0 Å². The number of benzene rings is 3. The number of carbonyl (C=O) groups excluding carboxylic acids is 3. The van der Waals surface area contributed by atoms with Crippen molar-refractivity contribution in [1.82, 2.24) is 30.0 Å². The summed E-state index contributed by atoms with van der Waals surface area (Å²) in [6.45, 7) is 7.00. The van der Waals surface area contributed by atoms with Gasteiger partial charge in [-0.25, -0.2) is 4.98 Å². The first-order valence-electron chi connectivity index (χ1n) is 20.1. The topological polar surface area (TPSA) is 171 Å². The summed E-state index contributed by atoms with van der Waals surface area (Å²) in [6.07, 6.45) is 4.22. The van der Waals surface area contributed by atoms with Crippen molar-refractivity contribution < 1.29 is 32.7 Å². The number of para-hydroxylation sites is 1. The summed E-state index contributed by atoms with van der Waals surface area (Å²) in [4.78, 5) is 55.3. The summed E-state index contributed by atoms with van der Waals surface area (Å²) in [6, 6.07) is 18.9. The maximum Gasteiger partial charge on any atom is 0.362 e. The summed E-state index contributed by atoms with van der Waals surface area (Å²) in [5.41, 5.74) is 4.99. The summed E-state index contributed by atoms with van der Waals surface area (Å²) >= 11 is 6.49. The van der Waals surface area contributed by atoms with Crippen LogP contribution in [0.4, 0.5) is 28.8 Å². The monoisotopic (exact) mass is 857 g/mol. The second-order valence-corrected chi connectivity index (χ2v) is 17.9. The Bertz CT molecular complexity index is 2310. The number of hydrogen-bond donors (Lipinski definition) is 3. The van der Waals surface area contributed by atoms with Crippen LogP contribution in [-0.4, -0.2) is 115 Å². The molecule has 1 atom stereocenters. The first kappa shape index (κ1) is 41.6. The highest BCUT2D eigenvalue weighted by Gasteiger charge is 2.39. The molecule has 1 aromatic heterocycles. The van der Waals surface area contributed by atoms with Crippen LogP contribution in [0.5, 0.6) is 5.75 Å². The number of nitrogens with one attached hydrogen (secondary N) is 3. The van der Waals surface area contributed by atoms with Crippen LogP contribution in [0.25, 0.3) is 0 Å². The molecule has 0 spiro atoms. The van der Waals surface area contributed by atoms with Gasteiger partial charge in [-0.3, -0.25) is 34.1 Å². The number of piperazine rings is 1. The van der Waals surface area contributed by atoms with E-state index in [4.69, 9.17) is 25.4 Å². The molecule has 4 aliphatic heterocycles. The van der Waals surface area contributed by atoms with Gasteiger partial charge in [0.05, 0.1) is 30.0 Å². The van der Waals surface area contributed by atoms with Crippen LogP contribution in [0.3, 0.4) is 0 Å². The molecule has 0 saturated carbocycles. The quantitative estimate of drug-likeness (QED) is 0.117. The van der Waals surface area contributed by atoms with Gasteiger partial charge in [-0.15, -0.1) is 0 Å². The molecule has 0 aliphatic carbocycles. The molecule has 3 saturated heterocycles. The average molecular weight is 858 g/mol. The van der Waals surface area contributed by atoms with Crippen LogP contribution in [0.15, 0.2) is 66.9 Å². The number of rotatable bonds is 13. The first-order chi connectivity index (χ1) is 29.0. The molecule has 5 heterocycles. The number of imide groups is 1. The highest BCUT2D eigenvalue weighted by Crippen LogP contribution is 2.47. The molecule has 18 heteroatoms. The number of fused-ring (bicyclic) bond motifs is 1. The van der Waals surface area contributed by atoms with Crippen LogP contribution in [-0.2, 0) is 36.3 Å². The van der Waals surface area contributed by atoms with Crippen molar-refractivity contribution >= 4 is 71.1 Å². The van der Waals surface area contributed by atoms with Gasteiger partial charge in [0.1, 0.15) is 16.8 Å². The van der Waals surface area contributed by atoms with Gasteiger partial charge in [0.2, 0.25) is 17.8 Å². The highest BCUT2D eigenvalue weighted by molar-refractivity contribution is 7.62. The lowest BCUT2D eigenvalue weighted by Crippen LogP contribution is -2.53. The Balaban J connectivity index is 0.830. The minimum atomic E-state index is -3.56. The number of ether oxygens (including phenoxy) is 1. The summed E-state index contributed by atoms with van der Waals surface area (Å²) in [5, 5.41) is 9.40. The largest absolute Gasteiger partial charge is 0.494 e. The molecule has 3 aromatic carbocycles. The van der Waals surface area contributed by atoms with E-state index in [0.717, 1.165) is 75.5 Å². The molecule has 3 N–H and O–H groups in total. The lowest BCUT2D eigenvalue weighted by atomic mass is 10.0. The van der Waals surface area contributed by atoms with Crippen molar-refractivity contribution in [1.29, 1.82) is 0 Å². The minimum Gasteiger partial charge on any atom is -0.494 e. The van der Waals surface area contributed by atoms with Gasteiger partial charge in [0.15, 0.2) is 5.82 Å². The van der Waals surface area contributed by atoms with E-state index in [9.17, 15) is 18.9 Å². The summed E-state index contributed by atoms with van der Waals surface area (Å²) < 4.78 is 29.4. The number of anilines is 5. The molecule has 316 valence electrons. The normalized spacial score (nSPS) is 19.3. The van der Waals surface area contributed by atoms with Crippen LogP contribution < -0.4 is 30.9 Å². The van der Waals surface area contributed by atoms with Crippen molar-refractivity contribution in [2.45, 2.75) is 50.9 Å². The molecule has 16 nitrogen and oxygen atoms in total. The van der Waals surface area contributed by atoms with Gasteiger partial charge >= 0.3 is 7.60 Å². The highest BCUT2D eigenvalue weighted by atomic mass is 35.5. The third-order valence-corrected chi connectivity index (χ3v) is 14.1. The molecule has 1 unspecified atom stereocenters.